The first-order valence-corrected chi connectivity index (χ1v) is 6.85. The first kappa shape index (κ1) is 14.4. The molecule has 106 valence electrons. The molecule has 0 aromatic heterocycles. The summed E-state index contributed by atoms with van der Waals surface area (Å²) in [5, 5.41) is 12.7. The summed E-state index contributed by atoms with van der Waals surface area (Å²) in [4.78, 5) is 2.10. The van der Waals surface area contributed by atoms with Crippen molar-refractivity contribution in [3.05, 3.63) is 59.7 Å². The normalized spacial score (nSPS) is 12.2. The van der Waals surface area contributed by atoms with Gasteiger partial charge in [-0.3, -0.25) is 0 Å². The molecule has 2 aromatic rings. The maximum atomic E-state index is 9.26. The third kappa shape index (κ3) is 3.75. The molecule has 0 aliphatic carbocycles. The van der Waals surface area contributed by atoms with Gasteiger partial charge in [0.25, 0.3) is 0 Å². The van der Waals surface area contributed by atoms with Crippen molar-refractivity contribution in [2.75, 3.05) is 19.0 Å². The van der Waals surface area contributed by atoms with Crippen molar-refractivity contribution in [3.63, 3.8) is 0 Å². The van der Waals surface area contributed by atoms with Crippen LogP contribution in [0.4, 0.5) is 5.69 Å². The predicted molar refractivity (Wildman–Crippen MR) is 84.1 cm³/mol. The van der Waals surface area contributed by atoms with Crippen molar-refractivity contribution in [1.82, 2.24) is 5.32 Å². The van der Waals surface area contributed by atoms with E-state index >= 15 is 0 Å². The number of nitrogens with one attached hydrogen (secondary N) is 1. The zero-order valence-electron chi connectivity index (χ0n) is 12.3. The zero-order chi connectivity index (χ0) is 14.5. The maximum Gasteiger partial charge on any atom is 0.115 e. The van der Waals surface area contributed by atoms with E-state index in [1.807, 2.05) is 26.2 Å². The second-order valence-corrected chi connectivity index (χ2v) is 5.25. The van der Waals surface area contributed by atoms with Crippen molar-refractivity contribution < 1.29 is 5.11 Å². The van der Waals surface area contributed by atoms with Gasteiger partial charge in [0.1, 0.15) is 5.75 Å². The Balaban J connectivity index is 1.94. The zero-order valence-corrected chi connectivity index (χ0v) is 12.3. The number of phenolic OH excluding ortho intramolecular Hbond substituents is 1. The van der Waals surface area contributed by atoms with Gasteiger partial charge in [0, 0.05) is 32.4 Å². The van der Waals surface area contributed by atoms with Crippen LogP contribution in [0, 0.1) is 0 Å². The average molecular weight is 270 g/mol. The van der Waals surface area contributed by atoms with Crippen molar-refractivity contribution in [2.45, 2.75) is 19.5 Å². The van der Waals surface area contributed by atoms with Crippen LogP contribution < -0.4 is 10.2 Å². The second-order valence-electron chi connectivity index (χ2n) is 5.25. The minimum Gasteiger partial charge on any atom is -0.508 e. The highest BCUT2D eigenvalue weighted by atomic mass is 16.3. The van der Waals surface area contributed by atoms with Crippen LogP contribution in [0.1, 0.15) is 24.1 Å². The fourth-order valence-electron chi connectivity index (χ4n) is 2.06. The van der Waals surface area contributed by atoms with E-state index in [1.165, 1.54) is 16.8 Å². The molecule has 0 saturated carbocycles. The van der Waals surface area contributed by atoms with E-state index in [2.05, 4.69) is 41.4 Å². The van der Waals surface area contributed by atoms with Gasteiger partial charge in [0.2, 0.25) is 0 Å². The number of phenols is 1. The molecule has 0 spiro atoms. The number of hydrogen-bond acceptors (Lipinski definition) is 3. The lowest BCUT2D eigenvalue weighted by molar-refractivity contribution is 0.474. The first-order valence-electron chi connectivity index (χ1n) is 6.85. The van der Waals surface area contributed by atoms with E-state index in [-0.39, 0.29) is 0 Å². The molecular formula is C17H22N2O. The number of benzene rings is 2. The van der Waals surface area contributed by atoms with Gasteiger partial charge in [0.05, 0.1) is 0 Å². The molecule has 0 aliphatic heterocycles. The predicted octanol–water partition coefficient (Wildman–Crippen LogP) is 3.31. The molecule has 20 heavy (non-hydrogen) atoms. The molecule has 0 heterocycles. The van der Waals surface area contributed by atoms with Crippen LogP contribution in [0.15, 0.2) is 48.5 Å². The highest BCUT2D eigenvalue weighted by molar-refractivity contribution is 5.46. The van der Waals surface area contributed by atoms with Crippen LogP contribution in [0.3, 0.4) is 0 Å². The molecule has 0 fully saturated rings. The monoisotopic (exact) mass is 270 g/mol. The second kappa shape index (κ2) is 6.44. The SMILES string of the molecule is CC(NCc1ccc(O)cc1)c1ccc(N(C)C)cc1. The average Bonchev–Trinajstić information content (AvgIpc) is 2.46. The summed E-state index contributed by atoms with van der Waals surface area (Å²) in [7, 11) is 4.09. The quantitative estimate of drug-likeness (QED) is 0.875. The maximum absolute atomic E-state index is 9.26. The molecule has 2 aromatic carbocycles. The van der Waals surface area contributed by atoms with Crippen molar-refractivity contribution in [2.24, 2.45) is 0 Å². The summed E-state index contributed by atoms with van der Waals surface area (Å²) in [5.74, 6) is 0.307. The lowest BCUT2D eigenvalue weighted by Crippen LogP contribution is -2.18. The summed E-state index contributed by atoms with van der Waals surface area (Å²) >= 11 is 0. The van der Waals surface area contributed by atoms with Gasteiger partial charge in [-0.05, 0) is 42.3 Å². The van der Waals surface area contributed by atoms with E-state index in [4.69, 9.17) is 0 Å². The number of aromatic hydroxyl groups is 1. The summed E-state index contributed by atoms with van der Waals surface area (Å²) in [5.41, 5.74) is 3.65. The highest BCUT2D eigenvalue weighted by Crippen LogP contribution is 2.18. The van der Waals surface area contributed by atoms with Gasteiger partial charge >= 0.3 is 0 Å². The minimum absolute atomic E-state index is 0.292. The Morgan fingerprint density at radius 3 is 2.15 bits per heavy atom. The fraction of sp³-hybridized carbons (Fsp3) is 0.294. The largest absolute Gasteiger partial charge is 0.508 e. The summed E-state index contributed by atoms with van der Waals surface area (Å²) in [6, 6.07) is 16.2. The number of rotatable bonds is 5. The molecule has 0 amide bonds. The van der Waals surface area contributed by atoms with Gasteiger partial charge in [0.15, 0.2) is 0 Å². The van der Waals surface area contributed by atoms with Crippen LogP contribution in [0.2, 0.25) is 0 Å². The van der Waals surface area contributed by atoms with Gasteiger partial charge in [-0.1, -0.05) is 24.3 Å². The summed E-state index contributed by atoms with van der Waals surface area (Å²) in [6.07, 6.45) is 0. The number of anilines is 1. The summed E-state index contributed by atoms with van der Waals surface area (Å²) in [6.45, 7) is 2.95. The Labute approximate surface area is 120 Å². The molecule has 0 saturated heterocycles. The summed E-state index contributed by atoms with van der Waals surface area (Å²) < 4.78 is 0. The molecule has 0 radical (unpaired) electrons. The Morgan fingerprint density at radius 1 is 1.00 bits per heavy atom. The third-order valence-electron chi connectivity index (χ3n) is 3.46. The van der Waals surface area contributed by atoms with E-state index < -0.39 is 0 Å². The van der Waals surface area contributed by atoms with E-state index in [1.54, 1.807) is 12.1 Å². The van der Waals surface area contributed by atoms with E-state index in [9.17, 15) is 5.11 Å². The van der Waals surface area contributed by atoms with Crippen molar-refractivity contribution in [1.29, 1.82) is 0 Å². The van der Waals surface area contributed by atoms with Gasteiger partial charge in [-0.2, -0.15) is 0 Å². The Hall–Kier alpha value is -2.00. The molecular weight excluding hydrogens is 248 g/mol. The van der Waals surface area contributed by atoms with E-state index in [0.29, 0.717) is 11.8 Å². The number of nitrogens with zero attached hydrogens (tertiary/aromatic N) is 1. The van der Waals surface area contributed by atoms with Gasteiger partial charge < -0.3 is 15.3 Å². The molecule has 2 rings (SSSR count). The Morgan fingerprint density at radius 2 is 1.60 bits per heavy atom. The molecule has 3 nitrogen and oxygen atoms in total. The van der Waals surface area contributed by atoms with Crippen LogP contribution >= 0.6 is 0 Å². The van der Waals surface area contributed by atoms with Crippen molar-refractivity contribution >= 4 is 5.69 Å². The Kier molecular flexibility index (Phi) is 4.64. The van der Waals surface area contributed by atoms with Crippen LogP contribution in [-0.4, -0.2) is 19.2 Å². The van der Waals surface area contributed by atoms with Gasteiger partial charge in [-0.15, -0.1) is 0 Å². The molecule has 0 bridgehead atoms. The van der Waals surface area contributed by atoms with Crippen LogP contribution in [0.25, 0.3) is 0 Å². The standard InChI is InChI=1S/C17H22N2O/c1-13(15-6-8-16(9-7-15)19(2)3)18-12-14-4-10-17(20)11-5-14/h4-11,13,18,20H,12H2,1-3H3. The smallest absolute Gasteiger partial charge is 0.115 e. The van der Waals surface area contributed by atoms with E-state index in [0.717, 1.165) is 6.54 Å². The lowest BCUT2D eigenvalue weighted by atomic mass is 10.1. The molecule has 1 atom stereocenters. The highest BCUT2D eigenvalue weighted by Gasteiger charge is 2.05. The third-order valence-corrected chi connectivity index (χ3v) is 3.46. The molecule has 2 N–H and O–H groups in total. The first-order chi connectivity index (χ1) is 9.56. The van der Waals surface area contributed by atoms with Crippen LogP contribution in [0.5, 0.6) is 5.75 Å². The topological polar surface area (TPSA) is 35.5 Å². The fourth-order valence-corrected chi connectivity index (χ4v) is 2.06. The molecule has 0 aliphatic rings. The van der Waals surface area contributed by atoms with Crippen LogP contribution in [-0.2, 0) is 6.54 Å². The lowest BCUT2D eigenvalue weighted by Gasteiger charge is -2.17. The van der Waals surface area contributed by atoms with Crippen molar-refractivity contribution in [3.8, 4) is 5.75 Å². The van der Waals surface area contributed by atoms with Gasteiger partial charge in [-0.25, -0.2) is 0 Å². The molecule has 1 unspecified atom stereocenters. The Bertz CT molecular complexity index is 532. The minimum atomic E-state index is 0.292. The molecule has 3 heteroatoms. The number of hydrogen-bond donors (Lipinski definition) is 2.